The Labute approximate surface area is 174 Å². The Balaban J connectivity index is 1.70. The van der Waals surface area contributed by atoms with Gasteiger partial charge in [-0.1, -0.05) is 36.4 Å². The predicted octanol–water partition coefficient (Wildman–Crippen LogP) is 0.653. The van der Waals surface area contributed by atoms with Crippen molar-refractivity contribution in [3.05, 3.63) is 48.6 Å². The van der Waals surface area contributed by atoms with Crippen LogP contribution in [-0.2, 0) is 25.7 Å². The van der Waals surface area contributed by atoms with Crippen molar-refractivity contribution < 1.29 is 29.3 Å². The molecule has 1 spiro atoms. The zero-order valence-electron chi connectivity index (χ0n) is 16.6. The summed E-state index contributed by atoms with van der Waals surface area (Å²) < 4.78 is 6.12. The van der Waals surface area contributed by atoms with Gasteiger partial charge in [-0.15, -0.1) is 6.58 Å². The number of carboxylic acids is 1. The zero-order chi connectivity index (χ0) is 21.5. The molecule has 3 aliphatic rings. The number of fused-ring (bicyclic) bond motifs is 1. The lowest BCUT2D eigenvalue weighted by molar-refractivity contribution is -0.151. The summed E-state index contributed by atoms with van der Waals surface area (Å²) in [6.45, 7) is 3.99. The summed E-state index contributed by atoms with van der Waals surface area (Å²) in [6.07, 6.45) is 2.00. The number of amides is 2. The molecule has 2 unspecified atom stereocenters. The van der Waals surface area contributed by atoms with Gasteiger partial charge in [0.1, 0.15) is 11.6 Å². The predicted molar refractivity (Wildman–Crippen MR) is 106 cm³/mol. The fraction of sp³-hybridized carbons (Fsp3) is 0.500. The van der Waals surface area contributed by atoms with Gasteiger partial charge < -0.3 is 24.7 Å². The van der Waals surface area contributed by atoms with Crippen LogP contribution in [0, 0.1) is 11.8 Å². The number of β-amino-alcohol motifs (C(OH)–C–C–N with tert-alkyl or cyclic N) is 1. The minimum atomic E-state index is -1.16. The Morgan fingerprint density at radius 2 is 2.07 bits per heavy atom. The van der Waals surface area contributed by atoms with Crippen LogP contribution in [0.1, 0.15) is 18.4 Å². The molecule has 3 aliphatic heterocycles. The molecule has 0 saturated carbocycles. The number of aliphatic carboxylic acids is 1. The number of aliphatic hydroxyl groups is 1. The standard InChI is InChI=1S/C22H26N2O6/c1-2-10-23(13-14-6-4-3-5-7-14)20(27)18-22-9-8-15(30-22)16(21(28)29)17(22)19(26)24(18)11-12-25/h2-7,15-18,25H,1,8-13H2,(H,28,29)/t15-,16+,17-,18?,22?/m0/s1. The Hall–Kier alpha value is -2.71. The topological polar surface area (TPSA) is 107 Å². The summed E-state index contributed by atoms with van der Waals surface area (Å²) >= 11 is 0. The molecule has 8 nitrogen and oxygen atoms in total. The molecule has 3 fully saturated rings. The highest BCUT2D eigenvalue weighted by Gasteiger charge is 2.74. The van der Waals surface area contributed by atoms with Gasteiger partial charge in [-0.3, -0.25) is 14.4 Å². The van der Waals surface area contributed by atoms with Crippen molar-refractivity contribution >= 4 is 17.8 Å². The molecule has 3 saturated heterocycles. The lowest BCUT2D eigenvalue weighted by Crippen LogP contribution is -2.56. The van der Waals surface area contributed by atoms with E-state index in [9.17, 15) is 24.6 Å². The van der Waals surface area contributed by atoms with E-state index in [4.69, 9.17) is 4.74 Å². The first-order valence-corrected chi connectivity index (χ1v) is 10.2. The van der Waals surface area contributed by atoms with Crippen molar-refractivity contribution in [2.24, 2.45) is 11.8 Å². The van der Waals surface area contributed by atoms with E-state index in [0.29, 0.717) is 19.4 Å². The second-order valence-electron chi connectivity index (χ2n) is 8.14. The second kappa shape index (κ2) is 7.85. The maximum absolute atomic E-state index is 13.7. The highest BCUT2D eigenvalue weighted by atomic mass is 16.5. The lowest BCUT2D eigenvalue weighted by atomic mass is 9.70. The summed E-state index contributed by atoms with van der Waals surface area (Å²) in [5.41, 5.74) is -0.229. The third kappa shape index (κ3) is 3.02. The van der Waals surface area contributed by atoms with E-state index < -0.39 is 41.5 Å². The van der Waals surface area contributed by atoms with Gasteiger partial charge in [0.05, 0.1) is 24.5 Å². The highest BCUT2D eigenvalue weighted by Crippen LogP contribution is 2.58. The van der Waals surface area contributed by atoms with Crippen LogP contribution in [0.2, 0.25) is 0 Å². The third-order valence-electron chi connectivity index (χ3n) is 6.54. The van der Waals surface area contributed by atoms with Crippen LogP contribution in [-0.4, -0.2) is 75.2 Å². The number of hydrogen-bond donors (Lipinski definition) is 2. The molecule has 2 N–H and O–H groups in total. The largest absolute Gasteiger partial charge is 0.481 e. The van der Waals surface area contributed by atoms with Crippen molar-refractivity contribution in [3.8, 4) is 0 Å². The molecule has 4 rings (SSSR count). The van der Waals surface area contributed by atoms with Gasteiger partial charge in [-0.05, 0) is 18.4 Å². The molecule has 0 aromatic heterocycles. The van der Waals surface area contributed by atoms with Crippen LogP contribution in [0.4, 0.5) is 0 Å². The third-order valence-corrected chi connectivity index (χ3v) is 6.54. The van der Waals surface area contributed by atoms with Crippen molar-refractivity contribution in [1.82, 2.24) is 9.80 Å². The van der Waals surface area contributed by atoms with Gasteiger partial charge in [0.25, 0.3) is 0 Å². The van der Waals surface area contributed by atoms with Gasteiger partial charge in [0.2, 0.25) is 11.8 Å². The SMILES string of the molecule is C=CCN(Cc1ccccc1)C(=O)C1N(CCO)C(=O)[C@@H]2[C@H](C(=O)O)[C@@H]3CCC12O3. The molecule has 30 heavy (non-hydrogen) atoms. The number of nitrogens with zero attached hydrogens (tertiary/aromatic N) is 2. The van der Waals surface area contributed by atoms with Gasteiger partial charge in [0, 0.05) is 19.6 Å². The fourth-order valence-corrected chi connectivity index (χ4v) is 5.43. The molecule has 1 aromatic carbocycles. The maximum atomic E-state index is 13.7. The quantitative estimate of drug-likeness (QED) is 0.605. The molecule has 2 amide bonds. The zero-order valence-corrected chi connectivity index (χ0v) is 16.6. The number of ether oxygens (including phenoxy) is 1. The first-order valence-electron chi connectivity index (χ1n) is 10.2. The number of carbonyl (C=O) groups is 3. The Kier molecular flexibility index (Phi) is 5.38. The minimum Gasteiger partial charge on any atom is -0.481 e. The van der Waals surface area contributed by atoms with Gasteiger partial charge in [0.15, 0.2) is 0 Å². The van der Waals surface area contributed by atoms with Gasteiger partial charge in [-0.2, -0.15) is 0 Å². The molecule has 5 atom stereocenters. The van der Waals surface area contributed by atoms with Crippen LogP contribution in [0.5, 0.6) is 0 Å². The fourth-order valence-electron chi connectivity index (χ4n) is 5.43. The van der Waals surface area contributed by atoms with E-state index >= 15 is 0 Å². The molecule has 0 radical (unpaired) electrons. The molecule has 2 bridgehead atoms. The summed E-state index contributed by atoms with van der Waals surface area (Å²) in [6, 6.07) is 8.53. The highest BCUT2D eigenvalue weighted by molar-refractivity contribution is 5.98. The summed E-state index contributed by atoms with van der Waals surface area (Å²) in [5.74, 6) is -3.68. The minimum absolute atomic E-state index is 0.0406. The normalized spacial score (nSPS) is 31.6. The monoisotopic (exact) mass is 414 g/mol. The van der Waals surface area contributed by atoms with Gasteiger partial charge in [-0.25, -0.2) is 0 Å². The number of hydrogen-bond acceptors (Lipinski definition) is 5. The average Bonchev–Trinajstić information content (AvgIpc) is 3.36. The number of rotatable bonds is 8. The average molecular weight is 414 g/mol. The Morgan fingerprint density at radius 1 is 1.33 bits per heavy atom. The van der Waals surface area contributed by atoms with Crippen molar-refractivity contribution in [3.63, 3.8) is 0 Å². The maximum Gasteiger partial charge on any atom is 0.310 e. The van der Waals surface area contributed by atoms with E-state index in [1.807, 2.05) is 30.3 Å². The van der Waals surface area contributed by atoms with Crippen LogP contribution in [0.3, 0.4) is 0 Å². The molecular formula is C22H26N2O6. The molecule has 3 heterocycles. The summed E-state index contributed by atoms with van der Waals surface area (Å²) in [4.78, 5) is 41.8. The molecule has 0 aliphatic carbocycles. The first kappa shape index (κ1) is 20.6. The van der Waals surface area contributed by atoms with Crippen LogP contribution >= 0.6 is 0 Å². The second-order valence-corrected chi connectivity index (χ2v) is 8.14. The molecule has 160 valence electrons. The molecule has 1 aromatic rings. The van der Waals surface area contributed by atoms with Crippen molar-refractivity contribution in [1.29, 1.82) is 0 Å². The van der Waals surface area contributed by atoms with E-state index in [1.54, 1.807) is 11.0 Å². The number of likely N-dealkylation sites (tertiary alicyclic amines) is 1. The van der Waals surface area contributed by atoms with E-state index in [2.05, 4.69) is 6.58 Å². The number of benzene rings is 1. The number of aliphatic hydroxyl groups excluding tert-OH is 1. The Bertz CT molecular complexity index is 858. The first-order chi connectivity index (χ1) is 14.4. The number of carbonyl (C=O) groups excluding carboxylic acids is 2. The van der Waals surface area contributed by atoms with Crippen molar-refractivity contribution in [2.75, 3.05) is 19.7 Å². The smallest absolute Gasteiger partial charge is 0.310 e. The lowest BCUT2D eigenvalue weighted by Gasteiger charge is -2.36. The van der Waals surface area contributed by atoms with Gasteiger partial charge >= 0.3 is 5.97 Å². The summed E-state index contributed by atoms with van der Waals surface area (Å²) in [7, 11) is 0. The van der Waals surface area contributed by atoms with Crippen molar-refractivity contribution in [2.45, 2.75) is 37.1 Å². The Morgan fingerprint density at radius 3 is 2.70 bits per heavy atom. The van der Waals surface area contributed by atoms with Crippen LogP contribution in [0.25, 0.3) is 0 Å². The number of carboxylic acid groups (broad SMARTS) is 1. The van der Waals surface area contributed by atoms with E-state index in [0.717, 1.165) is 5.56 Å². The van der Waals surface area contributed by atoms with Crippen LogP contribution in [0.15, 0.2) is 43.0 Å². The van der Waals surface area contributed by atoms with Crippen LogP contribution < -0.4 is 0 Å². The summed E-state index contributed by atoms with van der Waals surface area (Å²) in [5, 5.41) is 19.3. The molecular weight excluding hydrogens is 388 g/mol. The van der Waals surface area contributed by atoms with E-state index in [1.165, 1.54) is 4.90 Å². The van der Waals surface area contributed by atoms with E-state index in [-0.39, 0.29) is 25.6 Å². The molecule has 8 heteroatoms.